The standard InChI is InChI=1S/C62H111O11P/c1-4-7-10-13-16-19-22-24-26-28-29-31-33-35-38-41-44-47-50-53-62(66)73-59(55-69-60(64)51-48-45-42-39-36-21-18-15-12-9-6-3)57-71-74(67,68)70-56-58(54-63)72-61(65)52-49-46-43-40-37-34-32-30-27-25-23-20-17-14-11-8-5-2/h8,11,15,17-18,20,25,27,32,34,58-59,63H,4-7,9-10,12-14,16,19,21-24,26,28-31,33,35-57H2,1-3H3,(H,67,68)/b11-8-,18-15-,20-17-,27-25-,34-32-. The number of aliphatic hydroxyl groups is 1. The van der Waals surface area contributed by atoms with Gasteiger partial charge in [-0.2, -0.15) is 0 Å². The third kappa shape index (κ3) is 54.0. The van der Waals surface area contributed by atoms with Gasteiger partial charge in [-0.1, -0.05) is 242 Å². The van der Waals surface area contributed by atoms with Gasteiger partial charge in [0, 0.05) is 19.3 Å². The van der Waals surface area contributed by atoms with Crippen molar-refractivity contribution in [2.45, 2.75) is 290 Å². The van der Waals surface area contributed by atoms with Crippen LogP contribution in [0.4, 0.5) is 0 Å². The van der Waals surface area contributed by atoms with Gasteiger partial charge in [-0.15, -0.1) is 0 Å². The molecule has 0 aromatic rings. The van der Waals surface area contributed by atoms with E-state index in [1.807, 2.05) is 0 Å². The molecular formula is C62H111O11P. The van der Waals surface area contributed by atoms with Crippen LogP contribution in [-0.2, 0) is 42.2 Å². The maximum atomic E-state index is 12.9. The lowest BCUT2D eigenvalue weighted by molar-refractivity contribution is -0.161. The predicted molar refractivity (Wildman–Crippen MR) is 307 cm³/mol. The van der Waals surface area contributed by atoms with Crippen LogP contribution in [0.5, 0.6) is 0 Å². The first kappa shape index (κ1) is 71.2. The number of ether oxygens (including phenoxy) is 3. The van der Waals surface area contributed by atoms with Crippen molar-refractivity contribution in [3.8, 4) is 0 Å². The van der Waals surface area contributed by atoms with Crippen LogP contribution >= 0.6 is 7.82 Å². The molecule has 0 aromatic carbocycles. The van der Waals surface area contributed by atoms with Crippen molar-refractivity contribution >= 4 is 25.7 Å². The number of rotatable bonds is 56. The average Bonchev–Trinajstić information content (AvgIpc) is 3.39. The van der Waals surface area contributed by atoms with Gasteiger partial charge in [-0.25, -0.2) is 4.57 Å². The van der Waals surface area contributed by atoms with Gasteiger partial charge in [-0.3, -0.25) is 23.4 Å². The second-order valence-corrected chi connectivity index (χ2v) is 21.6. The van der Waals surface area contributed by atoms with Crippen LogP contribution in [0.25, 0.3) is 0 Å². The van der Waals surface area contributed by atoms with Crippen molar-refractivity contribution in [3.63, 3.8) is 0 Å². The lowest BCUT2D eigenvalue weighted by atomic mass is 10.0. The van der Waals surface area contributed by atoms with E-state index in [9.17, 15) is 28.9 Å². The molecule has 0 heterocycles. The fraction of sp³-hybridized carbons (Fsp3) is 0.790. The molecule has 74 heavy (non-hydrogen) atoms. The second-order valence-electron chi connectivity index (χ2n) is 20.1. The molecule has 0 rings (SSSR count). The van der Waals surface area contributed by atoms with E-state index in [1.165, 1.54) is 109 Å². The van der Waals surface area contributed by atoms with E-state index < -0.39 is 57.8 Å². The van der Waals surface area contributed by atoms with Crippen molar-refractivity contribution < 1.29 is 52.2 Å². The third-order valence-electron chi connectivity index (χ3n) is 12.9. The number of aliphatic hydroxyl groups excluding tert-OH is 1. The van der Waals surface area contributed by atoms with E-state index in [4.69, 9.17) is 23.3 Å². The number of allylic oxidation sites excluding steroid dienone is 10. The van der Waals surface area contributed by atoms with Gasteiger partial charge < -0.3 is 24.2 Å². The fourth-order valence-corrected chi connectivity index (χ4v) is 9.11. The van der Waals surface area contributed by atoms with Gasteiger partial charge in [0.05, 0.1) is 19.8 Å². The highest BCUT2D eigenvalue weighted by Crippen LogP contribution is 2.43. The summed E-state index contributed by atoms with van der Waals surface area (Å²) in [6.45, 7) is 4.49. The van der Waals surface area contributed by atoms with Gasteiger partial charge in [0.1, 0.15) is 12.7 Å². The summed E-state index contributed by atoms with van der Waals surface area (Å²) >= 11 is 0. The summed E-state index contributed by atoms with van der Waals surface area (Å²) in [5.74, 6) is -1.49. The first-order valence-corrected chi connectivity index (χ1v) is 31.7. The van der Waals surface area contributed by atoms with Gasteiger partial charge in [0.15, 0.2) is 6.10 Å². The molecule has 3 unspecified atom stereocenters. The van der Waals surface area contributed by atoms with Gasteiger partial charge in [-0.05, 0) is 77.0 Å². The Kier molecular flexibility index (Phi) is 54.2. The highest BCUT2D eigenvalue weighted by atomic mass is 31.2. The number of carbonyl (C=O) groups excluding carboxylic acids is 3. The van der Waals surface area contributed by atoms with Crippen molar-refractivity contribution in [1.82, 2.24) is 0 Å². The molecule has 0 bridgehead atoms. The monoisotopic (exact) mass is 1060 g/mol. The van der Waals surface area contributed by atoms with Crippen molar-refractivity contribution in [2.75, 3.05) is 26.4 Å². The molecule has 11 nitrogen and oxygen atoms in total. The van der Waals surface area contributed by atoms with Gasteiger partial charge in [0.25, 0.3) is 0 Å². The van der Waals surface area contributed by atoms with E-state index in [0.717, 1.165) is 109 Å². The number of esters is 3. The molecule has 0 aliphatic carbocycles. The zero-order valence-electron chi connectivity index (χ0n) is 47.6. The third-order valence-corrected chi connectivity index (χ3v) is 13.9. The number of carbonyl (C=O) groups is 3. The smallest absolute Gasteiger partial charge is 0.462 e. The molecule has 0 amide bonds. The van der Waals surface area contributed by atoms with Crippen LogP contribution in [0, 0.1) is 0 Å². The van der Waals surface area contributed by atoms with E-state index in [1.54, 1.807) is 0 Å². The van der Waals surface area contributed by atoms with E-state index >= 15 is 0 Å². The minimum absolute atomic E-state index is 0.149. The summed E-state index contributed by atoms with van der Waals surface area (Å²) < 4.78 is 39.5. The Morgan fingerprint density at radius 2 is 0.716 bits per heavy atom. The van der Waals surface area contributed by atoms with E-state index in [2.05, 4.69) is 81.5 Å². The molecule has 2 N–H and O–H groups in total. The maximum absolute atomic E-state index is 12.9. The van der Waals surface area contributed by atoms with Crippen molar-refractivity contribution in [2.24, 2.45) is 0 Å². The molecule has 0 saturated carbocycles. The largest absolute Gasteiger partial charge is 0.472 e. The Balaban J connectivity index is 4.66. The molecule has 0 aromatic heterocycles. The summed E-state index contributed by atoms with van der Waals surface area (Å²) in [5, 5.41) is 9.82. The lowest BCUT2D eigenvalue weighted by Gasteiger charge is -2.21. The van der Waals surface area contributed by atoms with Crippen molar-refractivity contribution in [1.29, 1.82) is 0 Å². The molecule has 430 valence electrons. The quantitative estimate of drug-likeness (QED) is 0.0197. The SMILES string of the molecule is CC/C=C\C/C=C\C/C=C\C/C=C\CCCCCCC(=O)OC(CO)COP(=O)(O)OCC(COC(=O)CCCCCCC/C=C\CCCC)OC(=O)CCCCCCCCCCCCCCCCCCCCC. The molecule has 0 spiro atoms. The lowest BCUT2D eigenvalue weighted by Crippen LogP contribution is -2.30. The second kappa shape index (κ2) is 56.4. The molecule has 3 atom stereocenters. The predicted octanol–water partition coefficient (Wildman–Crippen LogP) is 17.9. The molecule has 0 radical (unpaired) electrons. The number of phosphoric ester groups is 1. The molecular weight excluding hydrogens is 952 g/mol. The number of unbranched alkanes of at least 4 members (excludes halogenated alkanes) is 29. The topological polar surface area (TPSA) is 155 Å². The van der Waals surface area contributed by atoms with Crippen LogP contribution < -0.4 is 0 Å². The summed E-state index contributed by atoms with van der Waals surface area (Å²) in [4.78, 5) is 48.5. The number of phosphoric acid groups is 1. The highest BCUT2D eigenvalue weighted by Gasteiger charge is 2.28. The van der Waals surface area contributed by atoms with Gasteiger partial charge in [0.2, 0.25) is 0 Å². The average molecular weight is 1060 g/mol. The maximum Gasteiger partial charge on any atom is 0.472 e. The van der Waals surface area contributed by atoms with E-state index in [-0.39, 0.29) is 25.9 Å². The van der Waals surface area contributed by atoms with Crippen LogP contribution in [0.3, 0.4) is 0 Å². The van der Waals surface area contributed by atoms with Crippen LogP contribution in [0.15, 0.2) is 60.8 Å². The number of hydrogen-bond donors (Lipinski definition) is 2. The van der Waals surface area contributed by atoms with Gasteiger partial charge >= 0.3 is 25.7 Å². The van der Waals surface area contributed by atoms with Crippen LogP contribution in [0.1, 0.15) is 278 Å². The summed E-state index contributed by atoms with van der Waals surface area (Å²) in [5.41, 5.74) is 0. The van der Waals surface area contributed by atoms with Crippen LogP contribution in [-0.4, -0.2) is 66.5 Å². The Hall–Kier alpha value is -2.82. The molecule has 0 aliphatic rings. The summed E-state index contributed by atoms with van der Waals surface area (Å²) in [7, 11) is -4.75. The Morgan fingerprint density at radius 1 is 0.392 bits per heavy atom. The molecule has 0 fully saturated rings. The molecule has 12 heteroatoms. The Labute approximate surface area is 453 Å². The number of hydrogen-bond acceptors (Lipinski definition) is 10. The first-order valence-electron chi connectivity index (χ1n) is 30.2. The van der Waals surface area contributed by atoms with E-state index in [0.29, 0.717) is 19.3 Å². The molecule has 0 aliphatic heterocycles. The minimum Gasteiger partial charge on any atom is -0.462 e. The zero-order chi connectivity index (χ0) is 54.1. The molecule has 0 saturated heterocycles. The zero-order valence-corrected chi connectivity index (χ0v) is 48.5. The Bertz CT molecular complexity index is 1470. The fourth-order valence-electron chi connectivity index (χ4n) is 8.33. The van der Waals surface area contributed by atoms with Crippen molar-refractivity contribution in [3.05, 3.63) is 60.8 Å². The minimum atomic E-state index is -4.75. The Morgan fingerprint density at radius 3 is 1.14 bits per heavy atom. The highest BCUT2D eigenvalue weighted by molar-refractivity contribution is 7.47. The van der Waals surface area contributed by atoms with Crippen LogP contribution in [0.2, 0.25) is 0 Å². The summed E-state index contributed by atoms with van der Waals surface area (Å²) in [6.07, 6.45) is 61.8. The summed E-state index contributed by atoms with van der Waals surface area (Å²) in [6, 6.07) is 0. The first-order chi connectivity index (χ1) is 36.2. The normalized spacial score (nSPS) is 13.7.